The second-order valence-electron chi connectivity index (χ2n) is 7.95. The summed E-state index contributed by atoms with van der Waals surface area (Å²) in [6.45, 7) is 5.23. The summed E-state index contributed by atoms with van der Waals surface area (Å²) in [4.78, 5) is 18.7. The highest BCUT2D eigenvalue weighted by molar-refractivity contribution is 7.22. The average molecular weight is 507 g/mol. The first-order valence-corrected chi connectivity index (χ1v) is 12.4. The molecule has 0 saturated heterocycles. The molecule has 0 bridgehead atoms. The van der Waals surface area contributed by atoms with Crippen molar-refractivity contribution in [2.45, 2.75) is 26.3 Å². The van der Waals surface area contributed by atoms with Crippen LogP contribution in [0.1, 0.15) is 30.5 Å². The quantitative estimate of drug-likeness (QED) is 0.0938. The van der Waals surface area contributed by atoms with Gasteiger partial charge in [-0.15, -0.1) is 11.3 Å². The molecule has 0 fully saturated rings. The number of hydrogen-bond acceptors (Lipinski definition) is 9. The number of aryl methyl sites for hydroxylation is 1. The largest absolute Gasteiger partial charge is 0.352 e. The third-order valence-electron chi connectivity index (χ3n) is 5.56. The van der Waals surface area contributed by atoms with E-state index in [1.165, 1.54) is 6.21 Å². The Kier molecular flexibility index (Phi) is 8.02. The first-order chi connectivity index (χ1) is 17.0. The van der Waals surface area contributed by atoms with E-state index in [1.807, 2.05) is 19.2 Å². The minimum Gasteiger partial charge on any atom is -0.352 e. The van der Waals surface area contributed by atoms with E-state index in [0.717, 1.165) is 49.3 Å². The van der Waals surface area contributed by atoms with E-state index >= 15 is 0 Å². The maximum atomic E-state index is 6.41. The molecule has 0 amide bonds. The highest BCUT2D eigenvalue weighted by Gasteiger charge is 2.17. The van der Waals surface area contributed by atoms with E-state index in [1.54, 1.807) is 23.7 Å². The van der Waals surface area contributed by atoms with Crippen molar-refractivity contribution in [3.8, 4) is 21.7 Å². The fourth-order valence-corrected chi connectivity index (χ4v) is 5.15. The Balaban J connectivity index is 1.70. The van der Waals surface area contributed by atoms with Crippen LogP contribution in [0.25, 0.3) is 31.8 Å². The molecule has 1 atom stereocenters. The Morgan fingerprint density at radius 2 is 2.03 bits per heavy atom. The number of nitrogens with zero attached hydrogens (tertiary/aromatic N) is 5. The lowest BCUT2D eigenvalue weighted by molar-refractivity contribution is 0.697. The Morgan fingerprint density at radius 1 is 1.17 bits per heavy atom. The SMILES string of the molecule is CCC(N)c1cnc(Cl)cc1-c1cccc2cc(-c3nc(NCCN=CC=NN)ncc3C)sc12. The summed E-state index contributed by atoms with van der Waals surface area (Å²) >= 11 is 7.98. The van der Waals surface area contributed by atoms with Gasteiger partial charge in [-0.3, -0.25) is 4.99 Å². The predicted octanol–water partition coefficient (Wildman–Crippen LogP) is 5.22. The van der Waals surface area contributed by atoms with Crippen molar-refractivity contribution in [3.05, 3.63) is 59.0 Å². The van der Waals surface area contributed by atoms with Crippen LogP contribution in [0.4, 0.5) is 5.95 Å². The molecule has 0 spiro atoms. The minimum absolute atomic E-state index is 0.117. The Morgan fingerprint density at radius 3 is 2.83 bits per heavy atom. The molecule has 3 heterocycles. The maximum absolute atomic E-state index is 6.41. The lowest BCUT2D eigenvalue weighted by atomic mass is 9.95. The van der Waals surface area contributed by atoms with Gasteiger partial charge in [0.25, 0.3) is 0 Å². The van der Waals surface area contributed by atoms with Crippen molar-refractivity contribution >= 4 is 51.4 Å². The van der Waals surface area contributed by atoms with Crippen molar-refractivity contribution in [1.29, 1.82) is 0 Å². The second kappa shape index (κ2) is 11.4. The molecular formula is C25H27ClN8S. The number of aromatic nitrogens is 3. The molecule has 8 nitrogen and oxygen atoms in total. The van der Waals surface area contributed by atoms with Gasteiger partial charge in [-0.1, -0.05) is 36.7 Å². The molecule has 1 aromatic carbocycles. The normalized spacial score (nSPS) is 12.7. The minimum atomic E-state index is -0.117. The number of anilines is 1. The highest BCUT2D eigenvalue weighted by atomic mass is 35.5. The zero-order valence-corrected chi connectivity index (χ0v) is 21.1. The summed E-state index contributed by atoms with van der Waals surface area (Å²) in [6, 6.07) is 10.2. The Labute approximate surface area is 213 Å². The number of thiophene rings is 1. The van der Waals surface area contributed by atoms with Crippen LogP contribution in [-0.4, -0.2) is 40.5 Å². The van der Waals surface area contributed by atoms with E-state index in [-0.39, 0.29) is 6.04 Å². The van der Waals surface area contributed by atoms with Crippen LogP contribution in [-0.2, 0) is 0 Å². The molecule has 5 N–H and O–H groups in total. The Hall–Kier alpha value is -3.40. The van der Waals surface area contributed by atoms with Gasteiger partial charge in [-0.25, -0.2) is 15.0 Å². The van der Waals surface area contributed by atoms with Gasteiger partial charge in [-0.2, -0.15) is 5.10 Å². The van der Waals surface area contributed by atoms with E-state index < -0.39 is 0 Å². The number of rotatable bonds is 9. The number of hydrazone groups is 1. The molecule has 3 aromatic heterocycles. The topological polar surface area (TPSA) is 127 Å². The van der Waals surface area contributed by atoms with E-state index in [4.69, 9.17) is 28.2 Å². The lowest BCUT2D eigenvalue weighted by Gasteiger charge is -2.15. The van der Waals surface area contributed by atoms with Crippen LogP contribution < -0.4 is 16.9 Å². The second-order valence-corrected chi connectivity index (χ2v) is 9.39. The Bertz CT molecular complexity index is 1380. The number of aliphatic imine (C=N–C) groups is 1. The van der Waals surface area contributed by atoms with Crippen LogP contribution in [0.2, 0.25) is 5.15 Å². The molecule has 35 heavy (non-hydrogen) atoms. The van der Waals surface area contributed by atoms with Crippen LogP contribution in [0.5, 0.6) is 0 Å². The average Bonchev–Trinajstić information content (AvgIpc) is 3.31. The molecule has 0 radical (unpaired) electrons. The third kappa shape index (κ3) is 5.64. The number of halogens is 1. The molecule has 0 saturated carbocycles. The monoisotopic (exact) mass is 506 g/mol. The first-order valence-electron chi connectivity index (χ1n) is 11.2. The summed E-state index contributed by atoms with van der Waals surface area (Å²) in [5, 5.41) is 8.18. The van der Waals surface area contributed by atoms with Crippen LogP contribution >= 0.6 is 22.9 Å². The molecule has 10 heteroatoms. The molecule has 4 aromatic rings. The standard InChI is InChI=1S/C25H27ClN8S/c1-3-20(27)19-14-31-22(26)12-18(19)17-6-4-5-16-11-21(35-24(16)17)23-15(2)13-32-25(34-23)30-9-7-29-8-10-33-28/h4-6,8,10-14,20H,3,7,9,27-28H2,1-2H3,(H,30,32,34). The summed E-state index contributed by atoms with van der Waals surface area (Å²) in [6.07, 6.45) is 7.44. The van der Waals surface area contributed by atoms with Crippen molar-refractivity contribution in [3.63, 3.8) is 0 Å². The van der Waals surface area contributed by atoms with Crippen LogP contribution in [0, 0.1) is 6.92 Å². The van der Waals surface area contributed by atoms with Crippen LogP contribution in [0.15, 0.2) is 52.8 Å². The van der Waals surface area contributed by atoms with Gasteiger partial charge in [0.05, 0.1) is 23.3 Å². The van der Waals surface area contributed by atoms with Gasteiger partial charge in [0.15, 0.2) is 0 Å². The summed E-state index contributed by atoms with van der Waals surface area (Å²) in [5.74, 6) is 5.61. The van der Waals surface area contributed by atoms with Crippen molar-refractivity contribution in [2.75, 3.05) is 18.4 Å². The number of nitrogens with two attached hydrogens (primary N) is 2. The zero-order chi connectivity index (χ0) is 24.8. The molecule has 1 unspecified atom stereocenters. The maximum Gasteiger partial charge on any atom is 0.223 e. The molecule has 0 aliphatic rings. The van der Waals surface area contributed by atoms with Gasteiger partial charge in [0, 0.05) is 41.5 Å². The number of benzene rings is 1. The molecule has 4 rings (SSSR count). The van der Waals surface area contributed by atoms with Crippen molar-refractivity contribution in [2.24, 2.45) is 21.7 Å². The van der Waals surface area contributed by atoms with E-state index in [0.29, 0.717) is 24.2 Å². The predicted molar refractivity (Wildman–Crippen MR) is 148 cm³/mol. The fraction of sp³-hybridized carbons (Fsp3) is 0.240. The van der Waals surface area contributed by atoms with Crippen molar-refractivity contribution < 1.29 is 0 Å². The van der Waals surface area contributed by atoms with E-state index in [2.05, 4.69) is 56.6 Å². The molecular weight excluding hydrogens is 480 g/mol. The summed E-state index contributed by atoms with van der Waals surface area (Å²) in [5.41, 5.74) is 11.4. The number of fused-ring (bicyclic) bond motifs is 1. The number of nitrogens with one attached hydrogen (secondary N) is 1. The van der Waals surface area contributed by atoms with Gasteiger partial charge < -0.3 is 16.9 Å². The fourth-order valence-electron chi connectivity index (χ4n) is 3.75. The zero-order valence-electron chi connectivity index (χ0n) is 19.6. The highest BCUT2D eigenvalue weighted by Crippen LogP contribution is 2.41. The van der Waals surface area contributed by atoms with Gasteiger partial charge in [-0.05, 0) is 47.6 Å². The van der Waals surface area contributed by atoms with Gasteiger partial charge in [0.2, 0.25) is 5.95 Å². The number of pyridine rings is 1. The van der Waals surface area contributed by atoms with Crippen LogP contribution in [0.3, 0.4) is 0 Å². The van der Waals surface area contributed by atoms with Gasteiger partial charge >= 0.3 is 0 Å². The smallest absolute Gasteiger partial charge is 0.223 e. The molecule has 180 valence electrons. The third-order valence-corrected chi connectivity index (χ3v) is 6.96. The van der Waals surface area contributed by atoms with E-state index in [9.17, 15) is 0 Å². The lowest BCUT2D eigenvalue weighted by Crippen LogP contribution is -2.10. The first kappa shape index (κ1) is 24.7. The molecule has 0 aliphatic heterocycles. The van der Waals surface area contributed by atoms with Crippen molar-refractivity contribution in [1.82, 2.24) is 15.0 Å². The molecule has 0 aliphatic carbocycles. The summed E-state index contributed by atoms with van der Waals surface area (Å²) < 4.78 is 1.15. The number of hydrogen-bond donors (Lipinski definition) is 3. The van der Waals surface area contributed by atoms with Gasteiger partial charge in [0.1, 0.15) is 5.15 Å². The summed E-state index contributed by atoms with van der Waals surface area (Å²) in [7, 11) is 0.